The van der Waals surface area contributed by atoms with E-state index in [-0.39, 0.29) is 23.5 Å². The van der Waals surface area contributed by atoms with Gasteiger partial charge < -0.3 is 74.2 Å². The van der Waals surface area contributed by atoms with E-state index in [1.165, 1.54) is 6.07 Å². The van der Waals surface area contributed by atoms with Crippen molar-refractivity contribution < 1.29 is 73.0 Å². The van der Waals surface area contributed by atoms with Gasteiger partial charge in [-0.3, -0.25) is 58.1 Å². The summed E-state index contributed by atoms with van der Waals surface area (Å²) in [5, 5.41) is 59.8. The van der Waals surface area contributed by atoms with Gasteiger partial charge in [-0.05, 0) is 25.5 Å². The second-order valence-electron chi connectivity index (χ2n) is 15.0. The molecule has 2 saturated heterocycles. The summed E-state index contributed by atoms with van der Waals surface area (Å²) in [6.07, 6.45) is -4.04. The lowest BCUT2D eigenvalue weighted by molar-refractivity contribution is -0.385. The van der Waals surface area contributed by atoms with E-state index >= 15 is 0 Å². The van der Waals surface area contributed by atoms with Crippen LogP contribution in [0.5, 0.6) is 5.75 Å². The van der Waals surface area contributed by atoms with Crippen molar-refractivity contribution in [3.8, 4) is 5.75 Å². The van der Waals surface area contributed by atoms with E-state index in [0.717, 1.165) is 38.6 Å². The van der Waals surface area contributed by atoms with Gasteiger partial charge in [-0.15, -0.1) is 0 Å². The van der Waals surface area contributed by atoms with Gasteiger partial charge in [-0.1, -0.05) is 27.7 Å². The molecule has 0 unspecified atom stereocenters. The molecule has 28 nitrogen and oxygen atoms in total. The predicted molar refractivity (Wildman–Crippen MR) is 229 cm³/mol. The van der Waals surface area contributed by atoms with E-state index in [2.05, 4.69) is 42.5 Å². The van der Waals surface area contributed by atoms with Gasteiger partial charge >= 0.3 is 17.7 Å². The highest BCUT2D eigenvalue weighted by Gasteiger charge is 2.41. The first-order valence-corrected chi connectivity index (χ1v) is 22.2. The van der Waals surface area contributed by atoms with Crippen LogP contribution in [-0.2, 0) is 54.4 Å². The number of amides is 11. The first-order valence-electron chi connectivity index (χ1n) is 19.8. The number of urea groups is 1. The number of fused-ring (bicyclic) bond motifs is 1. The number of benzene rings is 1. The highest BCUT2D eigenvalue weighted by molar-refractivity contribution is 8.76. The van der Waals surface area contributed by atoms with Crippen LogP contribution in [0, 0.1) is 10.1 Å². The van der Waals surface area contributed by atoms with Crippen LogP contribution in [0.25, 0.3) is 0 Å². The third kappa shape index (κ3) is 16.9. The molecular weight excluding hydrogens is 921 g/mol. The zero-order chi connectivity index (χ0) is 49.4. The van der Waals surface area contributed by atoms with Crippen molar-refractivity contribution in [2.24, 2.45) is 11.5 Å². The third-order valence-electron chi connectivity index (χ3n) is 9.37. The molecule has 11 amide bonds. The number of nitrogens with one attached hydrogen (secondary N) is 8. The van der Waals surface area contributed by atoms with E-state index in [0.29, 0.717) is 0 Å². The van der Waals surface area contributed by atoms with Gasteiger partial charge in [0.2, 0.25) is 53.2 Å². The van der Waals surface area contributed by atoms with Crippen LogP contribution in [0.1, 0.15) is 38.7 Å². The number of carbonyl (C=O) groups is 11. The Balaban J connectivity index is 2.03. The van der Waals surface area contributed by atoms with Gasteiger partial charge in [0.1, 0.15) is 36.3 Å². The molecule has 362 valence electrons. The van der Waals surface area contributed by atoms with Crippen LogP contribution >= 0.6 is 21.6 Å². The monoisotopic (exact) mass is 970 g/mol. The second kappa shape index (κ2) is 24.9. The molecule has 0 bridgehead atoms. The first kappa shape index (κ1) is 53.4. The fourth-order valence-corrected chi connectivity index (χ4v) is 8.57. The van der Waals surface area contributed by atoms with Crippen LogP contribution in [0.15, 0.2) is 18.2 Å². The van der Waals surface area contributed by atoms with Crippen molar-refractivity contribution in [3.05, 3.63) is 33.9 Å². The normalized spacial score (nSPS) is 24.6. The second-order valence-corrected chi connectivity index (χ2v) is 17.6. The molecule has 0 aliphatic carbocycles. The molecule has 0 aromatic heterocycles. The number of aliphatic hydroxyl groups excluding tert-OH is 1. The van der Waals surface area contributed by atoms with Gasteiger partial charge in [0.05, 0.1) is 37.0 Å². The molecule has 1 aromatic carbocycles. The highest BCUT2D eigenvalue weighted by atomic mass is 33.1. The van der Waals surface area contributed by atoms with Crippen LogP contribution in [0.3, 0.4) is 0 Å². The van der Waals surface area contributed by atoms with E-state index < -0.39 is 169 Å². The van der Waals surface area contributed by atoms with Crippen molar-refractivity contribution in [1.29, 1.82) is 0 Å². The Hall–Kier alpha value is -6.95. The molecule has 15 N–H and O–H groups in total. The standard InChI is InChI=1S/C36H50N12O16S2/c1-15(2)41-36(62)46-22-14-66-65-13-21(30(38)56)45-33(59)19(8-26(37)51)44-35(61)24-7-17(49)12-47(24)28(53)11-40-31(57)18(5-16-3-4-25(50)23(6-16)48(63)64)42-27(52)10-39-32(58)20(9-29(54)55)43-34(22)60/h3-4,6,15,17-22,24,49-50H,5,7-14H2,1-2H3,(H2,37,51)(H2,38,56)(H,39,58)(H,40,57)(H,42,52)(H,43,60)(H,44,61)(H,45,59)(H,54,55)(H2,41,46,62)/t17-,18+,19+,20-,21-,22-,24+/m1/s1. The summed E-state index contributed by atoms with van der Waals surface area (Å²) < 4.78 is 0. The molecule has 30 heteroatoms. The molecule has 7 atom stereocenters. The lowest BCUT2D eigenvalue weighted by Gasteiger charge is -2.27. The summed E-state index contributed by atoms with van der Waals surface area (Å²) in [6, 6.07) is -8.03. The fraction of sp³-hybridized carbons (Fsp3) is 0.528. The number of aliphatic carboxylic acids is 1. The van der Waals surface area contributed by atoms with Crippen LogP contribution < -0.4 is 54.0 Å². The number of phenolic OH excluding ortho intramolecular Hbond substituents is 1. The number of nitro benzene ring substituents is 1. The number of nitrogens with two attached hydrogens (primary N) is 2. The lowest BCUT2D eigenvalue weighted by Crippen LogP contribution is -2.58. The predicted octanol–water partition coefficient (Wildman–Crippen LogP) is -5.72. The maximum Gasteiger partial charge on any atom is 0.315 e. The van der Waals surface area contributed by atoms with Gasteiger partial charge in [-0.25, -0.2) is 4.79 Å². The van der Waals surface area contributed by atoms with E-state index in [1.54, 1.807) is 13.8 Å². The van der Waals surface area contributed by atoms with Crippen LogP contribution in [0.4, 0.5) is 10.5 Å². The molecule has 1 aromatic rings. The zero-order valence-electron chi connectivity index (χ0n) is 35.2. The Labute approximate surface area is 382 Å². The van der Waals surface area contributed by atoms with Crippen LogP contribution in [0.2, 0.25) is 0 Å². The highest BCUT2D eigenvalue weighted by Crippen LogP contribution is 2.27. The Morgan fingerprint density at radius 3 is 2.11 bits per heavy atom. The van der Waals surface area contributed by atoms with Crippen molar-refractivity contribution in [1.82, 2.24) is 47.4 Å². The number of hydrogen-bond donors (Lipinski definition) is 13. The molecule has 0 spiro atoms. The molecule has 2 heterocycles. The summed E-state index contributed by atoms with van der Waals surface area (Å²) in [7, 11) is 1.71. The van der Waals surface area contributed by atoms with E-state index in [4.69, 9.17) is 11.5 Å². The number of carbonyl (C=O) groups excluding carboxylic acids is 10. The lowest BCUT2D eigenvalue weighted by atomic mass is 10.0. The van der Waals surface area contributed by atoms with Gasteiger partial charge in [0, 0.05) is 43.0 Å². The molecule has 2 aliphatic rings. The first-order chi connectivity index (χ1) is 30.9. The molecular formula is C36H50N12O16S2. The molecule has 0 radical (unpaired) electrons. The summed E-state index contributed by atoms with van der Waals surface area (Å²) in [6.45, 7) is 0.930. The number of nitrogens with zero attached hydrogens (tertiary/aromatic N) is 2. The minimum absolute atomic E-state index is 0.0112. The maximum atomic E-state index is 13.6. The number of carboxylic acid groups (broad SMARTS) is 1. The van der Waals surface area contributed by atoms with Gasteiger partial charge in [-0.2, -0.15) is 0 Å². The number of rotatable bonds is 10. The van der Waals surface area contributed by atoms with E-state index in [9.17, 15) is 78.2 Å². The Kier molecular flexibility index (Phi) is 20.2. The zero-order valence-corrected chi connectivity index (χ0v) is 36.9. The maximum absolute atomic E-state index is 13.6. The van der Waals surface area contributed by atoms with Gasteiger partial charge in [0.15, 0.2) is 5.75 Å². The van der Waals surface area contributed by atoms with Crippen molar-refractivity contribution in [2.45, 2.75) is 87.9 Å². The number of primary amides is 2. The number of aromatic hydroxyl groups is 1. The summed E-state index contributed by atoms with van der Waals surface area (Å²) in [5.41, 5.74) is 10.1. The number of phenols is 1. The largest absolute Gasteiger partial charge is 0.502 e. The van der Waals surface area contributed by atoms with Gasteiger partial charge in [0.25, 0.3) is 0 Å². The quantitative estimate of drug-likeness (QED) is 0.0590. The molecule has 0 saturated carbocycles. The smallest absolute Gasteiger partial charge is 0.315 e. The minimum atomic E-state index is -1.87. The van der Waals surface area contributed by atoms with Crippen molar-refractivity contribution >= 4 is 92.4 Å². The summed E-state index contributed by atoms with van der Waals surface area (Å²) in [4.78, 5) is 154. The fourth-order valence-electron chi connectivity index (χ4n) is 6.23. The minimum Gasteiger partial charge on any atom is -0.502 e. The third-order valence-corrected chi connectivity index (χ3v) is 11.8. The number of nitro groups is 1. The average Bonchev–Trinajstić information content (AvgIpc) is 3.62. The SMILES string of the molecule is CC(C)NC(=O)N[C@@H]1CSSC[C@H](C(N)=O)NC(=O)[C@H](CC(N)=O)NC(=O)[C@@H]2C[C@@H](O)CN2C(=O)CNC(=O)[C@H](Cc2ccc(O)c([N+](=O)[O-])c2)NC(=O)CNC(=O)[C@@H](CC(=O)O)NC1=O. The van der Waals surface area contributed by atoms with Crippen LogP contribution in [-0.4, -0.2) is 170 Å². The molecule has 2 fully saturated rings. The van der Waals surface area contributed by atoms with Crippen molar-refractivity contribution in [3.63, 3.8) is 0 Å². The molecule has 2 aliphatic heterocycles. The van der Waals surface area contributed by atoms with Crippen molar-refractivity contribution in [2.75, 3.05) is 31.1 Å². The number of hydrogen-bond acceptors (Lipinski definition) is 17. The average molecular weight is 971 g/mol. The molecule has 3 rings (SSSR count). The summed E-state index contributed by atoms with van der Waals surface area (Å²) in [5.74, 6) is -12.7. The number of carboxylic acids is 1. The summed E-state index contributed by atoms with van der Waals surface area (Å²) >= 11 is 0. The molecule has 66 heavy (non-hydrogen) atoms. The topological polar surface area (TPSA) is 443 Å². The Bertz CT molecular complexity index is 2080. The Morgan fingerprint density at radius 1 is 0.864 bits per heavy atom. The van der Waals surface area contributed by atoms with E-state index in [1.807, 2.05) is 0 Å². The number of aliphatic hydroxyl groups is 1. The Morgan fingerprint density at radius 2 is 1.48 bits per heavy atom.